The molecule has 1 atom stereocenters. The number of anilines is 2. The predicted molar refractivity (Wildman–Crippen MR) is 112 cm³/mol. The minimum atomic E-state index is -0.623. The number of nitrogen functional groups attached to an aromatic ring is 1. The lowest BCUT2D eigenvalue weighted by Gasteiger charge is -2.15. The number of benzene rings is 1. The molecule has 1 aliphatic heterocycles. The Labute approximate surface area is 181 Å². The number of amides is 1. The predicted octanol–water partition coefficient (Wildman–Crippen LogP) is 3.52. The zero-order valence-electron chi connectivity index (χ0n) is 16.2. The zero-order valence-corrected chi connectivity index (χ0v) is 17.0. The molecule has 0 saturated carbocycles. The molecule has 1 aliphatic rings. The van der Waals surface area contributed by atoms with Crippen LogP contribution in [0.15, 0.2) is 46.0 Å². The topological polar surface area (TPSA) is 147 Å². The van der Waals surface area contributed by atoms with E-state index in [0.29, 0.717) is 22.9 Å². The fourth-order valence-electron chi connectivity index (χ4n) is 2.99. The minimum absolute atomic E-state index is 0.0428. The number of nitrogens with zero attached hydrogens (tertiary/aromatic N) is 3. The van der Waals surface area contributed by atoms with Gasteiger partial charge in [-0.3, -0.25) is 4.79 Å². The first-order valence-electron chi connectivity index (χ1n) is 9.06. The molecule has 0 aliphatic carbocycles. The SMILES string of the molecule is CC(Sc1nc(N)c(C#N)c(-c2ccco2)c1C#N)C(=O)Nc1ccc2c(c1)OCO2. The molecule has 2 aromatic heterocycles. The van der Waals surface area contributed by atoms with E-state index >= 15 is 0 Å². The Balaban J connectivity index is 1.61. The lowest BCUT2D eigenvalue weighted by Crippen LogP contribution is -2.22. The minimum Gasteiger partial charge on any atom is -0.464 e. The third-order valence-corrected chi connectivity index (χ3v) is 5.57. The monoisotopic (exact) mass is 433 g/mol. The molecule has 4 rings (SSSR count). The van der Waals surface area contributed by atoms with Crippen molar-refractivity contribution in [1.82, 2.24) is 4.98 Å². The fraction of sp³-hybridized carbons (Fsp3) is 0.143. The smallest absolute Gasteiger partial charge is 0.237 e. The number of nitrogens with two attached hydrogens (primary N) is 1. The molecule has 3 heterocycles. The lowest BCUT2D eigenvalue weighted by molar-refractivity contribution is -0.115. The molecule has 9 nitrogen and oxygen atoms in total. The van der Waals surface area contributed by atoms with Crippen molar-refractivity contribution in [2.75, 3.05) is 17.8 Å². The molecule has 3 aromatic rings. The van der Waals surface area contributed by atoms with Crippen molar-refractivity contribution in [3.63, 3.8) is 0 Å². The van der Waals surface area contributed by atoms with Crippen LogP contribution in [0.4, 0.5) is 11.5 Å². The molecule has 10 heteroatoms. The van der Waals surface area contributed by atoms with Crippen LogP contribution in [-0.2, 0) is 4.79 Å². The first kappa shape index (κ1) is 20.1. The van der Waals surface area contributed by atoms with Crippen LogP contribution in [0.1, 0.15) is 18.1 Å². The quantitative estimate of drug-likeness (QED) is 0.577. The number of nitrogens with one attached hydrogen (secondary N) is 1. The molecule has 0 bridgehead atoms. The standard InChI is InChI=1S/C21H15N5O4S/c1-11(20(27)25-12-4-5-15-17(7-12)30-10-29-15)31-21-14(9-23)18(16-3-2-6-28-16)13(8-22)19(24)26-21/h2-7,11H,10H2,1H3,(H2,24,26)(H,25,27). The summed E-state index contributed by atoms with van der Waals surface area (Å²) in [6.45, 7) is 1.82. The van der Waals surface area contributed by atoms with Gasteiger partial charge in [-0.2, -0.15) is 10.5 Å². The Morgan fingerprint density at radius 1 is 1.23 bits per heavy atom. The highest BCUT2D eigenvalue weighted by molar-refractivity contribution is 8.00. The maximum Gasteiger partial charge on any atom is 0.237 e. The van der Waals surface area contributed by atoms with Crippen molar-refractivity contribution in [2.24, 2.45) is 0 Å². The van der Waals surface area contributed by atoms with Crippen LogP contribution in [0, 0.1) is 22.7 Å². The third kappa shape index (κ3) is 3.84. The largest absolute Gasteiger partial charge is 0.464 e. The van der Waals surface area contributed by atoms with E-state index in [4.69, 9.17) is 19.6 Å². The first-order valence-corrected chi connectivity index (χ1v) is 9.94. The number of pyridine rings is 1. The second-order valence-corrected chi connectivity index (χ2v) is 7.77. The summed E-state index contributed by atoms with van der Waals surface area (Å²) in [4.78, 5) is 16.9. The van der Waals surface area contributed by atoms with E-state index in [9.17, 15) is 15.3 Å². The summed E-state index contributed by atoms with van der Waals surface area (Å²) in [6.07, 6.45) is 1.43. The number of fused-ring (bicyclic) bond motifs is 1. The zero-order chi connectivity index (χ0) is 22.0. The van der Waals surface area contributed by atoms with Gasteiger partial charge >= 0.3 is 0 Å². The van der Waals surface area contributed by atoms with Gasteiger partial charge in [0.1, 0.15) is 34.3 Å². The maximum atomic E-state index is 12.7. The molecular weight excluding hydrogens is 418 g/mol. The Morgan fingerprint density at radius 3 is 2.71 bits per heavy atom. The summed E-state index contributed by atoms with van der Waals surface area (Å²) in [6, 6.07) is 12.4. The molecule has 154 valence electrons. The second-order valence-electron chi connectivity index (χ2n) is 6.45. The molecule has 0 spiro atoms. The van der Waals surface area contributed by atoms with Crippen molar-refractivity contribution in [1.29, 1.82) is 10.5 Å². The molecule has 0 saturated heterocycles. The number of thioether (sulfide) groups is 1. The van der Waals surface area contributed by atoms with Crippen LogP contribution in [0.2, 0.25) is 0 Å². The van der Waals surface area contributed by atoms with E-state index in [2.05, 4.69) is 16.4 Å². The molecule has 1 amide bonds. The molecule has 1 aromatic carbocycles. The van der Waals surface area contributed by atoms with E-state index in [1.165, 1.54) is 6.26 Å². The highest BCUT2D eigenvalue weighted by Gasteiger charge is 2.25. The maximum absolute atomic E-state index is 12.7. The van der Waals surface area contributed by atoms with Crippen LogP contribution < -0.4 is 20.5 Å². The summed E-state index contributed by atoms with van der Waals surface area (Å²) < 4.78 is 16.0. The lowest BCUT2D eigenvalue weighted by atomic mass is 10.0. The molecule has 3 N–H and O–H groups in total. The summed E-state index contributed by atoms with van der Waals surface area (Å²) in [5, 5.41) is 21.7. The molecule has 0 radical (unpaired) electrons. The van der Waals surface area contributed by atoms with Gasteiger partial charge in [-0.1, -0.05) is 11.8 Å². The molecule has 31 heavy (non-hydrogen) atoms. The molecule has 0 fully saturated rings. The average Bonchev–Trinajstić information content (AvgIpc) is 3.45. The number of carbonyl (C=O) groups is 1. The van der Waals surface area contributed by atoms with Gasteiger partial charge in [-0.25, -0.2) is 4.98 Å². The summed E-state index contributed by atoms with van der Waals surface area (Å²) >= 11 is 1.06. The van der Waals surface area contributed by atoms with Crippen molar-refractivity contribution in [3.8, 4) is 35.0 Å². The van der Waals surface area contributed by atoms with E-state index < -0.39 is 5.25 Å². The highest BCUT2D eigenvalue weighted by atomic mass is 32.2. The second kappa shape index (κ2) is 8.30. The van der Waals surface area contributed by atoms with Crippen molar-refractivity contribution < 1.29 is 18.7 Å². The Bertz CT molecular complexity index is 1240. The summed E-state index contributed by atoms with van der Waals surface area (Å²) in [5.41, 5.74) is 6.94. The number of ether oxygens (including phenoxy) is 2. The van der Waals surface area contributed by atoms with Gasteiger partial charge < -0.3 is 24.9 Å². The highest BCUT2D eigenvalue weighted by Crippen LogP contribution is 2.38. The first-order chi connectivity index (χ1) is 15.0. The van der Waals surface area contributed by atoms with Gasteiger partial charge in [0.25, 0.3) is 0 Å². The number of carbonyl (C=O) groups excluding carboxylic acids is 1. The van der Waals surface area contributed by atoms with Crippen LogP contribution in [0.25, 0.3) is 11.3 Å². The number of hydrogen-bond acceptors (Lipinski definition) is 9. The number of hydrogen-bond donors (Lipinski definition) is 2. The summed E-state index contributed by atoms with van der Waals surface area (Å²) in [5.74, 6) is 1.13. The van der Waals surface area contributed by atoms with Crippen molar-refractivity contribution >= 4 is 29.2 Å². The fourth-order valence-corrected chi connectivity index (χ4v) is 3.91. The van der Waals surface area contributed by atoms with E-state index in [0.717, 1.165) is 11.8 Å². The van der Waals surface area contributed by atoms with Crippen LogP contribution in [-0.4, -0.2) is 22.9 Å². The van der Waals surface area contributed by atoms with Crippen molar-refractivity contribution in [2.45, 2.75) is 17.2 Å². The van der Waals surface area contributed by atoms with Crippen LogP contribution in [0.3, 0.4) is 0 Å². The third-order valence-electron chi connectivity index (χ3n) is 4.48. The van der Waals surface area contributed by atoms with Crippen LogP contribution in [0.5, 0.6) is 11.5 Å². The van der Waals surface area contributed by atoms with E-state index in [1.807, 2.05) is 6.07 Å². The number of aromatic nitrogens is 1. The van der Waals surface area contributed by atoms with Gasteiger partial charge in [0.05, 0.1) is 22.6 Å². The Kier molecular flexibility index (Phi) is 5.39. The van der Waals surface area contributed by atoms with Crippen molar-refractivity contribution in [3.05, 3.63) is 47.7 Å². The van der Waals surface area contributed by atoms with Gasteiger partial charge in [-0.15, -0.1) is 0 Å². The molecular formula is C21H15N5O4S. The number of rotatable bonds is 5. The van der Waals surface area contributed by atoms with Gasteiger partial charge in [0.15, 0.2) is 11.5 Å². The normalized spacial score (nSPS) is 12.6. The van der Waals surface area contributed by atoms with E-state index in [-0.39, 0.29) is 40.2 Å². The van der Waals surface area contributed by atoms with Gasteiger partial charge in [-0.05, 0) is 31.2 Å². The summed E-state index contributed by atoms with van der Waals surface area (Å²) in [7, 11) is 0. The van der Waals surface area contributed by atoms with E-state index in [1.54, 1.807) is 37.3 Å². The van der Waals surface area contributed by atoms with Gasteiger partial charge in [0.2, 0.25) is 12.7 Å². The average molecular weight is 433 g/mol. The van der Waals surface area contributed by atoms with Crippen LogP contribution >= 0.6 is 11.8 Å². The molecule has 1 unspecified atom stereocenters. The van der Waals surface area contributed by atoms with Gasteiger partial charge in [0, 0.05) is 11.8 Å². The Morgan fingerprint density at radius 2 is 2.00 bits per heavy atom. The Hall–Kier alpha value is -4.15. The number of furan rings is 1. The number of nitriles is 2.